The number of nitrogens with zero attached hydrogens (tertiary/aromatic N) is 3. The Morgan fingerprint density at radius 1 is 0.867 bits per heavy atom. The molecule has 3 amide bonds. The number of fused-ring (bicyclic) bond motifs is 3. The second-order valence-electron chi connectivity index (χ2n) is 14.5. The molecular weight excluding hydrogens is 769 g/mol. The molecule has 0 saturated carbocycles. The van der Waals surface area contributed by atoms with Gasteiger partial charge in [-0.1, -0.05) is 103 Å². The lowest BCUT2D eigenvalue weighted by molar-refractivity contribution is -0.384. The largest absolute Gasteiger partial charge is 0.491 e. The van der Waals surface area contributed by atoms with Crippen LogP contribution in [0.25, 0.3) is 0 Å². The molecule has 0 aliphatic carbocycles. The molecule has 0 bridgehead atoms. The van der Waals surface area contributed by atoms with Gasteiger partial charge < -0.3 is 24.6 Å². The highest BCUT2D eigenvalue weighted by atomic mass is 16.6. The third-order valence-corrected chi connectivity index (χ3v) is 11.3. The second kappa shape index (κ2) is 16.6. The highest BCUT2D eigenvalue weighted by Crippen LogP contribution is 2.66. The summed E-state index contributed by atoms with van der Waals surface area (Å²) in [5.74, 6) is -3.47. The number of amides is 3. The Hall–Kier alpha value is -7.16. The molecule has 60 heavy (non-hydrogen) atoms. The molecule has 6 atom stereocenters. The van der Waals surface area contributed by atoms with Gasteiger partial charge in [-0.25, -0.2) is 9.69 Å². The van der Waals surface area contributed by atoms with Gasteiger partial charge in [0, 0.05) is 24.2 Å². The molecule has 5 aromatic rings. The van der Waals surface area contributed by atoms with E-state index in [1.54, 1.807) is 48.5 Å². The number of benzene rings is 5. The lowest BCUT2D eigenvalue weighted by atomic mass is 9.65. The molecule has 304 valence electrons. The zero-order valence-electron chi connectivity index (χ0n) is 32.2. The standard InChI is InChI=1S/C46H40N4O10/c1-2-25-47-42(52)37-39-43(53)60-40(31-15-7-4-8-16-31)38(30-13-5-3-6-14-30)49(39)41(33-17-9-12-20-36(33)58-27-26-51)46(37)34-18-10-11-19-35(34)48(44(46)54)45(55)59-28-29-21-23-32(24-22-29)50(56)57/h2-24,37-41,51H,1,25-28H2,(H,47,52)/t37-,38-,39-,40+,41+,46-/m1/s1. The topological polar surface area (TPSA) is 178 Å². The summed E-state index contributed by atoms with van der Waals surface area (Å²) in [4.78, 5) is 73.9. The average molecular weight is 809 g/mol. The van der Waals surface area contributed by atoms with Gasteiger partial charge in [0.25, 0.3) is 5.69 Å². The number of morpholine rings is 1. The minimum absolute atomic E-state index is 0.000366. The molecule has 2 N–H and O–H groups in total. The van der Waals surface area contributed by atoms with Crippen molar-refractivity contribution in [1.82, 2.24) is 10.2 Å². The van der Waals surface area contributed by atoms with E-state index in [2.05, 4.69) is 11.9 Å². The summed E-state index contributed by atoms with van der Waals surface area (Å²) < 4.78 is 18.3. The Bertz CT molecular complexity index is 2450. The monoisotopic (exact) mass is 808 g/mol. The van der Waals surface area contributed by atoms with Crippen molar-refractivity contribution in [2.75, 3.05) is 24.7 Å². The van der Waals surface area contributed by atoms with E-state index >= 15 is 9.59 Å². The maximum absolute atomic E-state index is 16.0. The van der Waals surface area contributed by atoms with E-state index in [0.717, 1.165) is 10.5 Å². The van der Waals surface area contributed by atoms with Gasteiger partial charge in [-0.3, -0.25) is 29.4 Å². The van der Waals surface area contributed by atoms with Gasteiger partial charge in [-0.15, -0.1) is 6.58 Å². The summed E-state index contributed by atoms with van der Waals surface area (Å²) in [6, 6.07) is 34.2. The highest BCUT2D eigenvalue weighted by Gasteiger charge is 2.76. The Balaban J connectivity index is 1.38. The summed E-state index contributed by atoms with van der Waals surface area (Å²) in [7, 11) is 0. The van der Waals surface area contributed by atoms with Crippen molar-refractivity contribution in [1.29, 1.82) is 0 Å². The van der Waals surface area contributed by atoms with E-state index in [4.69, 9.17) is 14.2 Å². The van der Waals surface area contributed by atoms with Crippen LogP contribution >= 0.6 is 0 Å². The number of anilines is 1. The molecule has 0 aromatic heterocycles. The number of aliphatic hydroxyl groups excluding tert-OH is 1. The van der Waals surface area contributed by atoms with Crippen LogP contribution in [0.5, 0.6) is 5.75 Å². The van der Waals surface area contributed by atoms with Crippen LogP contribution in [0.15, 0.2) is 146 Å². The Morgan fingerprint density at radius 3 is 2.20 bits per heavy atom. The van der Waals surface area contributed by atoms with E-state index < -0.39 is 64.4 Å². The number of ether oxygens (including phenoxy) is 3. The maximum atomic E-state index is 16.0. The molecule has 2 fully saturated rings. The van der Waals surface area contributed by atoms with Crippen LogP contribution in [-0.4, -0.2) is 64.6 Å². The first-order valence-corrected chi connectivity index (χ1v) is 19.4. The van der Waals surface area contributed by atoms with E-state index in [1.165, 1.54) is 30.3 Å². The van der Waals surface area contributed by atoms with E-state index in [9.17, 15) is 24.8 Å². The number of hydrogen-bond acceptors (Lipinski definition) is 11. The van der Waals surface area contributed by atoms with Gasteiger partial charge in [-0.2, -0.15) is 0 Å². The van der Waals surface area contributed by atoms with Crippen molar-refractivity contribution < 1.29 is 43.4 Å². The van der Waals surface area contributed by atoms with Crippen LogP contribution in [-0.2, 0) is 35.9 Å². The Morgan fingerprint density at radius 2 is 1.52 bits per heavy atom. The summed E-state index contributed by atoms with van der Waals surface area (Å²) in [6.45, 7) is 3.00. The Kier molecular flexibility index (Phi) is 11.0. The number of aliphatic hydroxyl groups is 1. The van der Waals surface area contributed by atoms with Crippen LogP contribution in [0.4, 0.5) is 16.2 Å². The number of nitrogens with one attached hydrogen (secondary N) is 1. The molecule has 3 aliphatic heterocycles. The number of para-hydroxylation sites is 2. The van der Waals surface area contributed by atoms with Gasteiger partial charge in [-0.05, 0) is 46.5 Å². The summed E-state index contributed by atoms with van der Waals surface area (Å²) in [5, 5.41) is 24.0. The summed E-state index contributed by atoms with van der Waals surface area (Å²) in [6.07, 6.45) is -0.506. The van der Waals surface area contributed by atoms with Crippen molar-refractivity contribution in [2.24, 2.45) is 5.92 Å². The molecule has 1 spiro atoms. The minimum Gasteiger partial charge on any atom is -0.491 e. The normalized spacial score (nSPS) is 23.0. The molecule has 3 heterocycles. The quantitative estimate of drug-likeness (QED) is 0.0629. The van der Waals surface area contributed by atoms with Crippen molar-refractivity contribution in [3.63, 3.8) is 0 Å². The average Bonchev–Trinajstić information content (AvgIpc) is 3.74. The first kappa shape index (κ1) is 39.7. The van der Waals surface area contributed by atoms with Crippen LogP contribution in [0.2, 0.25) is 0 Å². The number of nitro groups is 1. The molecule has 2 saturated heterocycles. The van der Waals surface area contributed by atoms with Crippen LogP contribution in [0.1, 0.15) is 46.0 Å². The molecular formula is C46H40N4O10. The van der Waals surface area contributed by atoms with Crippen LogP contribution in [0, 0.1) is 16.0 Å². The zero-order valence-corrected chi connectivity index (χ0v) is 32.2. The maximum Gasteiger partial charge on any atom is 0.421 e. The molecule has 8 rings (SSSR count). The van der Waals surface area contributed by atoms with Gasteiger partial charge >= 0.3 is 12.1 Å². The number of hydrogen-bond donors (Lipinski definition) is 2. The number of imide groups is 1. The minimum atomic E-state index is -2.02. The van der Waals surface area contributed by atoms with E-state index in [0.29, 0.717) is 16.7 Å². The molecule has 0 radical (unpaired) electrons. The third-order valence-electron chi connectivity index (χ3n) is 11.3. The van der Waals surface area contributed by atoms with Crippen molar-refractivity contribution in [3.8, 4) is 5.75 Å². The fraction of sp³-hybridized carbons (Fsp3) is 0.217. The van der Waals surface area contributed by atoms with E-state index in [-0.39, 0.29) is 49.1 Å². The molecule has 14 nitrogen and oxygen atoms in total. The highest BCUT2D eigenvalue weighted by molar-refractivity contribution is 6.23. The zero-order chi connectivity index (χ0) is 42.0. The van der Waals surface area contributed by atoms with Crippen LogP contribution < -0.4 is 15.0 Å². The second-order valence-corrected chi connectivity index (χ2v) is 14.5. The molecule has 5 aromatic carbocycles. The molecule has 3 aliphatic rings. The summed E-state index contributed by atoms with van der Waals surface area (Å²) in [5.41, 5.74) is 0.500. The number of non-ortho nitro benzene ring substituents is 1. The van der Waals surface area contributed by atoms with Gasteiger partial charge in [0.05, 0.1) is 35.2 Å². The number of carbonyl (C=O) groups excluding carboxylic acids is 4. The fourth-order valence-corrected chi connectivity index (χ4v) is 9.01. The fourth-order valence-electron chi connectivity index (χ4n) is 9.01. The number of cyclic esters (lactones) is 1. The van der Waals surface area contributed by atoms with Crippen molar-refractivity contribution in [2.45, 2.75) is 36.3 Å². The first-order valence-electron chi connectivity index (χ1n) is 19.4. The SMILES string of the molecule is C=CCNC(=O)[C@H]1[C@@H]2C(=O)O[C@@H](c3ccccc3)[C@@H](c3ccccc3)N2[C@@H](c2ccccc2OCCO)[C@]12C(=O)N(C(=O)OCc1ccc([N+](=O)[O-])cc1)c1ccccc12. The molecule has 0 unspecified atom stereocenters. The Labute approximate surface area is 344 Å². The number of esters is 1. The van der Waals surface area contributed by atoms with Gasteiger partial charge in [0.1, 0.15) is 36.5 Å². The predicted molar refractivity (Wildman–Crippen MR) is 217 cm³/mol. The van der Waals surface area contributed by atoms with E-state index in [1.807, 2.05) is 65.6 Å². The van der Waals surface area contributed by atoms with Gasteiger partial charge in [0.2, 0.25) is 11.8 Å². The van der Waals surface area contributed by atoms with Crippen molar-refractivity contribution in [3.05, 3.63) is 184 Å². The summed E-state index contributed by atoms with van der Waals surface area (Å²) >= 11 is 0. The lowest BCUT2D eigenvalue weighted by Gasteiger charge is -2.46. The third kappa shape index (κ3) is 6.65. The first-order chi connectivity index (χ1) is 29.2. The van der Waals surface area contributed by atoms with Gasteiger partial charge in [0.15, 0.2) is 0 Å². The predicted octanol–water partition coefficient (Wildman–Crippen LogP) is 6.27. The van der Waals surface area contributed by atoms with Crippen LogP contribution in [0.3, 0.4) is 0 Å². The smallest absolute Gasteiger partial charge is 0.421 e. The molecule has 14 heteroatoms. The number of nitro benzene ring substituents is 1. The lowest BCUT2D eigenvalue weighted by Crippen LogP contribution is -2.55. The number of rotatable bonds is 12. The van der Waals surface area contributed by atoms with Crippen molar-refractivity contribution >= 4 is 35.3 Å². The number of carbonyl (C=O) groups is 4.